The zero-order valence-corrected chi connectivity index (χ0v) is 18.5. The molecule has 1 aliphatic heterocycles. The fourth-order valence-corrected chi connectivity index (χ4v) is 3.85. The molecule has 1 unspecified atom stereocenters. The molecule has 1 aromatic carbocycles. The lowest BCUT2D eigenvalue weighted by Crippen LogP contribution is -2.49. The summed E-state index contributed by atoms with van der Waals surface area (Å²) in [5.41, 5.74) is 2.76. The van der Waals surface area contributed by atoms with Crippen LogP contribution in [0.1, 0.15) is 51.2 Å². The maximum Gasteiger partial charge on any atom is 0.191 e. The summed E-state index contributed by atoms with van der Waals surface area (Å²) in [6.07, 6.45) is 3.61. The van der Waals surface area contributed by atoms with Crippen molar-refractivity contribution in [2.45, 2.75) is 65.6 Å². The standard InChI is InChI=1S/C23H40N4O/c1-6-28-22(18(2)3)10-13-25-23(24-5)26-21-11-14-27(15-12-21)17-20-9-7-8-19(4)16-20/h7-9,16,18,21-22H,6,10-15,17H2,1-5H3,(H2,24,25,26). The average Bonchev–Trinajstić information content (AvgIpc) is 2.67. The van der Waals surface area contributed by atoms with E-state index >= 15 is 0 Å². The SMILES string of the molecule is CCOC(CCNC(=NC)NC1CCN(Cc2cccc(C)c2)CC1)C(C)C. The number of aliphatic imine (C=N–C) groups is 1. The van der Waals surface area contributed by atoms with E-state index in [1.165, 1.54) is 11.1 Å². The van der Waals surface area contributed by atoms with E-state index in [9.17, 15) is 0 Å². The van der Waals surface area contributed by atoms with Crippen molar-refractivity contribution in [1.29, 1.82) is 0 Å². The lowest BCUT2D eigenvalue weighted by atomic mass is 10.0. The molecule has 1 aliphatic rings. The molecule has 2 N–H and O–H groups in total. The molecular weight excluding hydrogens is 348 g/mol. The predicted octanol–water partition coefficient (Wildman–Crippen LogP) is 3.58. The van der Waals surface area contributed by atoms with Gasteiger partial charge in [0.05, 0.1) is 6.10 Å². The summed E-state index contributed by atoms with van der Waals surface area (Å²) in [6, 6.07) is 9.34. The zero-order chi connectivity index (χ0) is 20.4. The Balaban J connectivity index is 1.70. The van der Waals surface area contributed by atoms with E-state index in [2.05, 4.69) is 72.5 Å². The molecule has 1 heterocycles. The van der Waals surface area contributed by atoms with Gasteiger partial charge in [0, 0.05) is 45.9 Å². The van der Waals surface area contributed by atoms with Gasteiger partial charge >= 0.3 is 0 Å². The first-order chi connectivity index (χ1) is 13.5. The minimum atomic E-state index is 0.306. The summed E-state index contributed by atoms with van der Waals surface area (Å²) in [6.45, 7) is 13.6. The highest BCUT2D eigenvalue weighted by molar-refractivity contribution is 5.79. The molecule has 1 atom stereocenters. The molecule has 5 nitrogen and oxygen atoms in total. The first-order valence-corrected chi connectivity index (χ1v) is 10.9. The van der Waals surface area contributed by atoms with E-state index in [0.29, 0.717) is 18.1 Å². The summed E-state index contributed by atoms with van der Waals surface area (Å²) < 4.78 is 5.83. The number of piperidine rings is 1. The van der Waals surface area contributed by atoms with Gasteiger partial charge in [-0.25, -0.2) is 0 Å². The Bertz CT molecular complexity index is 594. The van der Waals surface area contributed by atoms with Crippen molar-refractivity contribution in [1.82, 2.24) is 15.5 Å². The molecule has 0 spiro atoms. The maximum absolute atomic E-state index is 5.83. The van der Waals surface area contributed by atoms with Crippen LogP contribution in [-0.2, 0) is 11.3 Å². The second-order valence-corrected chi connectivity index (χ2v) is 8.21. The normalized spacial score (nSPS) is 17.7. The van der Waals surface area contributed by atoms with Crippen LogP contribution in [-0.4, -0.2) is 56.3 Å². The Kier molecular flexibility index (Phi) is 9.79. The summed E-state index contributed by atoms with van der Waals surface area (Å²) >= 11 is 0. The number of hydrogen-bond acceptors (Lipinski definition) is 3. The quantitative estimate of drug-likeness (QED) is 0.501. The number of nitrogens with zero attached hydrogens (tertiary/aromatic N) is 2. The summed E-state index contributed by atoms with van der Waals surface area (Å²) in [5.74, 6) is 1.45. The molecule has 2 rings (SSSR count). The first-order valence-electron chi connectivity index (χ1n) is 10.9. The summed E-state index contributed by atoms with van der Waals surface area (Å²) in [7, 11) is 1.85. The van der Waals surface area contributed by atoms with Crippen LogP contribution < -0.4 is 10.6 Å². The number of likely N-dealkylation sites (tertiary alicyclic amines) is 1. The van der Waals surface area contributed by atoms with Gasteiger partial charge in [0.25, 0.3) is 0 Å². The summed E-state index contributed by atoms with van der Waals surface area (Å²) in [4.78, 5) is 6.96. The van der Waals surface area contributed by atoms with Gasteiger partial charge in [0.15, 0.2) is 5.96 Å². The van der Waals surface area contributed by atoms with E-state index in [1.807, 2.05) is 7.05 Å². The molecule has 0 bridgehead atoms. The highest BCUT2D eigenvalue weighted by Crippen LogP contribution is 2.15. The molecule has 0 amide bonds. The van der Waals surface area contributed by atoms with Gasteiger partial charge in [-0.05, 0) is 44.6 Å². The van der Waals surface area contributed by atoms with Crippen LogP contribution in [0.15, 0.2) is 29.3 Å². The lowest BCUT2D eigenvalue weighted by Gasteiger charge is -2.33. The number of ether oxygens (including phenoxy) is 1. The third-order valence-corrected chi connectivity index (χ3v) is 5.49. The number of nitrogens with one attached hydrogen (secondary N) is 2. The van der Waals surface area contributed by atoms with E-state index in [-0.39, 0.29) is 0 Å². The Morgan fingerprint density at radius 2 is 2.04 bits per heavy atom. The number of hydrogen-bond donors (Lipinski definition) is 2. The fourth-order valence-electron chi connectivity index (χ4n) is 3.85. The molecule has 0 radical (unpaired) electrons. The first kappa shape index (κ1) is 22.7. The lowest BCUT2D eigenvalue weighted by molar-refractivity contribution is 0.0258. The van der Waals surface area contributed by atoms with E-state index < -0.39 is 0 Å². The third kappa shape index (κ3) is 7.80. The second-order valence-electron chi connectivity index (χ2n) is 8.21. The minimum absolute atomic E-state index is 0.306. The Morgan fingerprint density at radius 1 is 1.29 bits per heavy atom. The number of benzene rings is 1. The Hall–Kier alpha value is -1.59. The van der Waals surface area contributed by atoms with Gasteiger partial charge in [-0.1, -0.05) is 43.7 Å². The van der Waals surface area contributed by atoms with Crippen LogP contribution in [0, 0.1) is 12.8 Å². The van der Waals surface area contributed by atoms with Crippen LogP contribution in [0.4, 0.5) is 0 Å². The van der Waals surface area contributed by atoms with Crippen LogP contribution in [0.25, 0.3) is 0 Å². The van der Waals surface area contributed by atoms with Crippen LogP contribution in [0.3, 0.4) is 0 Å². The number of aryl methyl sites for hydroxylation is 1. The van der Waals surface area contributed by atoms with Gasteiger partial charge in [-0.3, -0.25) is 9.89 Å². The summed E-state index contributed by atoms with van der Waals surface area (Å²) in [5, 5.41) is 7.07. The second kappa shape index (κ2) is 12.1. The molecule has 1 fully saturated rings. The third-order valence-electron chi connectivity index (χ3n) is 5.49. The van der Waals surface area contributed by atoms with Crippen molar-refractivity contribution in [3.05, 3.63) is 35.4 Å². The maximum atomic E-state index is 5.83. The molecule has 0 aromatic heterocycles. The van der Waals surface area contributed by atoms with Crippen LogP contribution >= 0.6 is 0 Å². The van der Waals surface area contributed by atoms with E-state index in [4.69, 9.17) is 4.74 Å². The Morgan fingerprint density at radius 3 is 2.64 bits per heavy atom. The molecule has 0 aliphatic carbocycles. The molecule has 1 saturated heterocycles. The van der Waals surface area contributed by atoms with Crippen molar-refractivity contribution in [2.24, 2.45) is 10.9 Å². The smallest absolute Gasteiger partial charge is 0.191 e. The van der Waals surface area contributed by atoms with Gasteiger partial charge in [0.2, 0.25) is 0 Å². The van der Waals surface area contributed by atoms with Gasteiger partial charge in [-0.15, -0.1) is 0 Å². The topological polar surface area (TPSA) is 48.9 Å². The molecule has 5 heteroatoms. The highest BCUT2D eigenvalue weighted by atomic mass is 16.5. The van der Waals surface area contributed by atoms with E-state index in [0.717, 1.165) is 58.0 Å². The molecule has 28 heavy (non-hydrogen) atoms. The molecule has 158 valence electrons. The monoisotopic (exact) mass is 388 g/mol. The Labute approximate surface area is 171 Å². The van der Waals surface area contributed by atoms with Gasteiger partial charge in [-0.2, -0.15) is 0 Å². The average molecular weight is 389 g/mol. The zero-order valence-electron chi connectivity index (χ0n) is 18.5. The number of rotatable bonds is 9. The van der Waals surface area contributed by atoms with Gasteiger partial charge in [0.1, 0.15) is 0 Å². The number of guanidine groups is 1. The molecule has 1 aromatic rings. The fraction of sp³-hybridized carbons (Fsp3) is 0.696. The van der Waals surface area contributed by atoms with Crippen molar-refractivity contribution in [2.75, 3.05) is 33.3 Å². The van der Waals surface area contributed by atoms with Crippen LogP contribution in [0.2, 0.25) is 0 Å². The van der Waals surface area contributed by atoms with Crippen molar-refractivity contribution < 1.29 is 4.74 Å². The van der Waals surface area contributed by atoms with E-state index in [1.54, 1.807) is 0 Å². The van der Waals surface area contributed by atoms with Gasteiger partial charge < -0.3 is 15.4 Å². The van der Waals surface area contributed by atoms with Crippen molar-refractivity contribution in [3.63, 3.8) is 0 Å². The highest BCUT2D eigenvalue weighted by Gasteiger charge is 2.20. The van der Waals surface area contributed by atoms with Crippen molar-refractivity contribution >= 4 is 5.96 Å². The molecular formula is C23H40N4O. The van der Waals surface area contributed by atoms with Crippen LogP contribution in [0.5, 0.6) is 0 Å². The predicted molar refractivity (Wildman–Crippen MR) is 119 cm³/mol. The van der Waals surface area contributed by atoms with Crippen molar-refractivity contribution in [3.8, 4) is 0 Å². The largest absolute Gasteiger partial charge is 0.378 e. The minimum Gasteiger partial charge on any atom is -0.378 e. The molecule has 0 saturated carbocycles.